The van der Waals surface area contributed by atoms with Crippen LogP contribution in [0.2, 0.25) is 0 Å². The first-order valence-electron chi connectivity index (χ1n) is 8.34. The van der Waals surface area contributed by atoms with E-state index in [1.807, 2.05) is 0 Å². The summed E-state index contributed by atoms with van der Waals surface area (Å²) in [6, 6.07) is 9.16. The topological polar surface area (TPSA) is 32.3 Å². The molecule has 1 aromatic carbocycles. The summed E-state index contributed by atoms with van der Waals surface area (Å²) >= 11 is 0. The van der Waals surface area contributed by atoms with E-state index in [-0.39, 0.29) is 5.91 Å². The van der Waals surface area contributed by atoms with Crippen LogP contribution in [-0.4, -0.2) is 29.9 Å². The number of carbonyl (C=O) groups excluding carboxylic acids is 1. The van der Waals surface area contributed by atoms with Crippen molar-refractivity contribution in [2.75, 3.05) is 13.1 Å². The second-order valence-corrected chi connectivity index (χ2v) is 6.50. The van der Waals surface area contributed by atoms with Gasteiger partial charge >= 0.3 is 0 Å². The Kier molecular flexibility index (Phi) is 4.59. The van der Waals surface area contributed by atoms with Gasteiger partial charge in [-0.15, -0.1) is 0 Å². The summed E-state index contributed by atoms with van der Waals surface area (Å²) in [4.78, 5) is 14.5. The minimum atomic E-state index is 0.262. The van der Waals surface area contributed by atoms with Crippen molar-refractivity contribution >= 4 is 5.91 Å². The van der Waals surface area contributed by atoms with Crippen LogP contribution in [0.15, 0.2) is 24.3 Å². The second-order valence-electron chi connectivity index (χ2n) is 6.50. The number of aryl methyl sites for hydroxylation is 1. The summed E-state index contributed by atoms with van der Waals surface area (Å²) < 4.78 is 0. The van der Waals surface area contributed by atoms with Crippen molar-refractivity contribution in [2.45, 2.75) is 51.6 Å². The molecule has 2 saturated carbocycles. The Bertz CT molecular complexity index is 474. The van der Waals surface area contributed by atoms with Gasteiger partial charge in [0.05, 0.1) is 6.54 Å². The SMILES string of the molecule is CCc1ccc(CN(C(=O)CNCC2CC2)C2CC2)cc1. The van der Waals surface area contributed by atoms with Crippen LogP contribution in [-0.2, 0) is 17.8 Å². The van der Waals surface area contributed by atoms with Gasteiger partial charge < -0.3 is 10.2 Å². The second kappa shape index (κ2) is 6.61. The van der Waals surface area contributed by atoms with Crippen molar-refractivity contribution in [1.82, 2.24) is 10.2 Å². The molecule has 21 heavy (non-hydrogen) atoms. The molecule has 1 aromatic rings. The smallest absolute Gasteiger partial charge is 0.237 e. The van der Waals surface area contributed by atoms with Gasteiger partial charge in [0.1, 0.15) is 0 Å². The van der Waals surface area contributed by atoms with Crippen LogP contribution in [0.3, 0.4) is 0 Å². The lowest BCUT2D eigenvalue weighted by molar-refractivity contribution is -0.131. The van der Waals surface area contributed by atoms with Crippen LogP contribution < -0.4 is 5.32 Å². The highest BCUT2D eigenvalue weighted by Gasteiger charge is 2.32. The standard InChI is InChI=1S/C18H26N2O/c1-2-14-3-7-16(8-4-14)13-20(17-9-10-17)18(21)12-19-11-15-5-6-15/h3-4,7-8,15,17,19H,2,5-6,9-13H2,1H3. The number of hydrogen-bond acceptors (Lipinski definition) is 2. The Balaban J connectivity index is 1.53. The summed E-state index contributed by atoms with van der Waals surface area (Å²) in [6.45, 7) is 4.44. The molecule has 3 heteroatoms. The molecule has 3 nitrogen and oxygen atoms in total. The zero-order chi connectivity index (χ0) is 14.7. The Morgan fingerprint density at radius 3 is 2.38 bits per heavy atom. The lowest BCUT2D eigenvalue weighted by Gasteiger charge is -2.23. The number of amides is 1. The van der Waals surface area contributed by atoms with Gasteiger partial charge in [-0.05, 0) is 55.7 Å². The Labute approximate surface area is 127 Å². The number of carbonyl (C=O) groups is 1. The van der Waals surface area contributed by atoms with E-state index in [4.69, 9.17) is 0 Å². The van der Waals surface area contributed by atoms with Crippen LogP contribution in [0.1, 0.15) is 43.7 Å². The highest BCUT2D eigenvalue weighted by atomic mass is 16.2. The molecule has 0 unspecified atom stereocenters. The molecule has 0 atom stereocenters. The number of nitrogens with one attached hydrogen (secondary N) is 1. The molecular weight excluding hydrogens is 260 g/mol. The van der Waals surface area contributed by atoms with Gasteiger partial charge in [-0.1, -0.05) is 31.2 Å². The molecule has 0 heterocycles. The maximum atomic E-state index is 12.4. The predicted octanol–water partition coefficient (Wildman–Crippen LogP) is 2.74. The molecule has 3 rings (SSSR count). The summed E-state index contributed by atoms with van der Waals surface area (Å²) in [6.07, 6.45) is 6.06. The Morgan fingerprint density at radius 1 is 1.14 bits per heavy atom. The fourth-order valence-electron chi connectivity index (χ4n) is 2.69. The average molecular weight is 286 g/mol. The van der Waals surface area contributed by atoms with E-state index in [9.17, 15) is 4.79 Å². The fraction of sp³-hybridized carbons (Fsp3) is 0.611. The van der Waals surface area contributed by atoms with Gasteiger partial charge in [0.25, 0.3) is 0 Å². The van der Waals surface area contributed by atoms with Gasteiger partial charge in [0.15, 0.2) is 0 Å². The normalized spacial score (nSPS) is 17.8. The first-order valence-corrected chi connectivity index (χ1v) is 8.34. The first kappa shape index (κ1) is 14.6. The predicted molar refractivity (Wildman–Crippen MR) is 85.0 cm³/mol. The molecule has 0 spiro atoms. The first-order chi connectivity index (χ1) is 10.3. The average Bonchev–Trinajstić information content (AvgIpc) is 3.38. The monoisotopic (exact) mass is 286 g/mol. The van der Waals surface area contributed by atoms with E-state index in [0.717, 1.165) is 25.4 Å². The van der Waals surface area contributed by atoms with Crippen molar-refractivity contribution in [3.05, 3.63) is 35.4 Å². The molecule has 1 N–H and O–H groups in total. The van der Waals surface area contributed by atoms with Gasteiger partial charge in [-0.25, -0.2) is 0 Å². The third-order valence-corrected chi connectivity index (χ3v) is 4.50. The largest absolute Gasteiger partial charge is 0.334 e. The van der Waals surface area contributed by atoms with Gasteiger partial charge in [-0.2, -0.15) is 0 Å². The summed E-state index contributed by atoms with van der Waals surface area (Å²) in [5.41, 5.74) is 2.60. The molecule has 114 valence electrons. The highest BCUT2D eigenvalue weighted by Crippen LogP contribution is 2.29. The van der Waals surface area contributed by atoms with Gasteiger partial charge in [-0.3, -0.25) is 4.79 Å². The third-order valence-electron chi connectivity index (χ3n) is 4.50. The van der Waals surface area contributed by atoms with E-state index >= 15 is 0 Å². The molecule has 0 bridgehead atoms. The number of benzene rings is 1. The van der Waals surface area contributed by atoms with E-state index in [1.54, 1.807) is 0 Å². The maximum Gasteiger partial charge on any atom is 0.237 e. The Morgan fingerprint density at radius 2 is 1.81 bits per heavy atom. The molecule has 0 radical (unpaired) electrons. The van der Waals surface area contributed by atoms with Crippen LogP contribution in [0.5, 0.6) is 0 Å². The van der Waals surface area contributed by atoms with Gasteiger partial charge in [0.2, 0.25) is 5.91 Å². The van der Waals surface area contributed by atoms with Crippen LogP contribution in [0.4, 0.5) is 0 Å². The highest BCUT2D eigenvalue weighted by molar-refractivity contribution is 5.79. The summed E-state index contributed by atoms with van der Waals surface area (Å²) in [5.74, 6) is 1.09. The lowest BCUT2D eigenvalue weighted by Crippen LogP contribution is -2.39. The quantitative estimate of drug-likeness (QED) is 0.797. The number of nitrogens with zero attached hydrogens (tertiary/aromatic N) is 1. The summed E-state index contributed by atoms with van der Waals surface area (Å²) in [7, 11) is 0. The molecule has 2 aliphatic carbocycles. The molecule has 0 aliphatic heterocycles. The molecule has 0 saturated heterocycles. The molecule has 1 amide bonds. The molecular formula is C18H26N2O. The fourth-order valence-corrected chi connectivity index (χ4v) is 2.69. The number of rotatable bonds is 8. The van der Waals surface area contributed by atoms with E-state index < -0.39 is 0 Å². The van der Waals surface area contributed by atoms with Crippen molar-refractivity contribution in [2.24, 2.45) is 5.92 Å². The number of hydrogen-bond donors (Lipinski definition) is 1. The van der Waals surface area contributed by atoms with Crippen molar-refractivity contribution < 1.29 is 4.79 Å². The molecule has 2 aliphatic rings. The van der Waals surface area contributed by atoms with Gasteiger partial charge in [0, 0.05) is 12.6 Å². The van der Waals surface area contributed by atoms with Crippen LogP contribution >= 0.6 is 0 Å². The van der Waals surface area contributed by atoms with E-state index in [0.29, 0.717) is 12.6 Å². The van der Waals surface area contributed by atoms with Crippen LogP contribution in [0, 0.1) is 5.92 Å². The Hall–Kier alpha value is -1.35. The molecule has 0 aromatic heterocycles. The van der Waals surface area contributed by atoms with E-state index in [1.165, 1.54) is 36.8 Å². The lowest BCUT2D eigenvalue weighted by atomic mass is 10.1. The maximum absolute atomic E-state index is 12.4. The third kappa shape index (κ3) is 4.31. The van der Waals surface area contributed by atoms with Crippen LogP contribution in [0.25, 0.3) is 0 Å². The zero-order valence-electron chi connectivity index (χ0n) is 13.0. The zero-order valence-corrected chi connectivity index (χ0v) is 13.0. The van der Waals surface area contributed by atoms with Crippen molar-refractivity contribution in [3.8, 4) is 0 Å². The minimum Gasteiger partial charge on any atom is -0.334 e. The summed E-state index contributed by atoms with van der Waals surface area (Å²) in [5, 5.41) is 3.32. The minimum absolute atomic E-state index is 0.262. The van der Waals surface area contributed by atoms with E-state index in [2.05, 4.69) is 41.4 Å². The molecule has 2 fully saturated rings. The van der Waals surface area contributed by atoms with Crippen molar-refractivity contribution in [3.63, 3.8) is 0 Å². The van der Waals surface area contributed by atoms with Crippen molar-refractivity contribution in [1.29, 1.82) is 0 Å².